The fourth-order valence-electron chi connectivity index (χ4n) is 3.49. The van der Waals surface area contributed by atoms with Gasteiger partial charge in [0.05, 0.1) is 31.3 Å². The van der Waals surface area contributed by atoms with E-state index >= 15 is 0 Å². The van der Waals surface area contributed by atoms with E-state index in [0.29, 0.717) is 0 Å². The number of nitrogens with zero attached hydrogens (tertiary/aromatic N) is 2. The largest absolute Gasteiger partial charge is 1.00 e. The number of fused-ring (bicyclic) bond motifs is 1. The SMILES string of the molecule is Cc1ccc(S(=O)(=O)Nc2ccc(S(=O)(=O)O)c3ccc(N=Nc4c(O)c(Cl)c(Cl)c(Cl)c4Cl)c([O-])c23)cc1.[Na+]. The van der Waals surface area contributed by atoms with Gasteiger partial charge in [-0.25, -0.2) is 8.42 Å². The maximum Gasteiger partial charge on any atom is 1.00 e. The zero-order valence-electron chi connectivity index (χ0n) is 20.3. The summed E-state index contributed by atoms with van der Waals surface area (Å²) in [7, 11) is -9.05. The Morgan fingerprint density at radius 3 is 2.02 bits per heavy atom. The van der Waals surface area contributed by atoms with E-state index in [1.807, 2.05) is 0 Å². The van der Waals surface area contributed by atoms with Gasteiger partial charge in [0.25, 0.3) is 20.1 Å². The number of phenolic OH excluding ortho intramolecular Hbond substituents is 1. The summed E-state index contributed by atoms with van der Waals surface area (Å²) in [6, 6.07) is 10.0. The summed E-state index contributed by atoms with van der Waals surface area (Å²) in [4.78, 5) is -0.765. The third-order valence-corrected chi connectivity index (χ3v) is 9.48. The molecule has 0 amide bonds. The number of benzene rings is 4. The van der Waals surface area contributed by atoms with E-state index in [2.05, 4.69) is 15.0 Å². The Hall–Kier alpha value is -1.84. The van der Waals surface area contributed by atoms with Gasteiger partial charge in [0.2, 0.25) is 0 Å². The number of hydrogen-bond acceptors (Lipinski definition) is 8. The van der Waals surface area contributed by atoms with Crippen LogP contribution in [0.15, 0.2) is 68.6 Å². The Morgan fingerprint density at radius 1 is 0.825 bits per heavy atom. The standard InChI is InChI=1S/C23H15Cl4N3O7S2.Na/c1-10-2-4-11(5-3-10)38(33,34)30-13-8-9-15(39(35,36)37)12-6-7-14(22(31)16(12)13)28-29-21-19(26)17(24)18(25)20(27)23(21)32;/h2-9,30-32H,1H3,(H,35,36,37);/q;+1/p-1. The molecule has 0 aliphatic rings. The number of rotatable bonds is 6. The minimum absolute atomic E-state index is 0. The van der Waals surface area contributed by atoms with E-state index in [4.69, 9.17) is 46.4 Å². The van der Waals surface area contributed by atoms with Crippen molar-refractivity contribution in [1.82, 2.24) is 0 Å². The molecule has 0 aromatic heterocycles. The Kier molecular flexibility index (Phi) is 9.95. The summed E-state index contributed by atoms with van der Waals surface area (Å²) in [6.45, 7) is 1.77. The number of halogens is 4. The van der Waals surface area contributed by atoms with Crippen LogP contribution in [-0.4, -0.2) is 26.5 Å². The van der Waals surface area contributed by atoms with Crippen LogP contribution in [0.1, 0.15) is 5.56 Å². The van der Waals surface area contributed by atoms with Crippen molar-refractivity contribution in [3.05, 3.63) is 74.2 Å². The second-order valence-corrected chi connectivity index (χ2v) is 12.6. The minimum Gasteiger partial charge on any atom is -0.870 e. The molecule has 0 bridgehead atoms. The molecule has 0 saturated heterocycles. The molecule has 40 heavy (non-hydrogen) atoms. The quantitative estimate of drug-likeness (QED) is 0.0914. The molecule has 0 radical (unpaired) electrons. The molecular weight excluding hydrogens is 659 g/mol. The van der Waals surface area contributed by atoms with E-state index in [-0.39, 0.29) is 65.6 Å². The van der Waals surface area contributed by atoms with Crippen LogP contribution in [0.2, 0.25) is 20.1 Å². The number of aryl methyl sites for hydroxylation is 1. The predicted octanol–water partition coefficient (Wildman–Crippen LogP) is 4.01. The summed E-state index contributed by atoms with van der Waals surface area (Å²) in [6.07, 6.45) is 0. The van der Waals surface area contributed by atoms with Crippen molar-refractivity contribution >= 4 is 94.4 Å². The topological polar surface area (TPSA) is 169 Å². The number of hydrogen-bond donors (Lipinski definition) is 3. The van der Waals surface area contributed by atoms with Gasteiger partial charge in [0, 0.05) is 10.8 Å². The van der Waals surface area contributed by atoms with Gasteiger partial charge in [-0.1, -0.05) is 75.9 Å². The molecule has 0 unspecified atom stereocenters. The molecule has 0 fully saturated rings. The zero-order chi connectivity index (χ0) is 28.9. The molecule has 204 valence electrons. The third-order valence-electron chi connectivity index (χ3n) is 5.40. The smallest absolute Gasteiger partial charge is 0.870 e. The molecule has 0 heterocycles. The van der Waals surface area contributed by atoms with Gasteiger partial charge in [-0.05, 0) is 37.3 Å². The molecule has 0 aliphatic carbocycles. The first-order valence-corrected chi connectivity index (χ1v) is 14.9. The van der Waals surface area contributed by atoms with E-state index in [1.165, 1.54) is 12.1 Å². The first-order chi connectivity index (χ1) is 18.1. The second-order valence-electron chi connectivity index (χ2n) is 7.99. The molecule has 0 spiro atoms. The monoisotopic (exact) mass is 671 g/mol. The van der Waals surface area contributed by atoms with E-state index in [1.54, 1.807) is 19.1 Å². The molecule has 4 aromatic carbocycles. The summed E-state index contributed by atoms with van der Waals surface area (Å²) >= 11 is 23.9. The number of azo groups is 1. The molecule has 0 saturated carbocycles. The molecule has 4 rings (SSSR count). The predicted molar refractivity (Wildman–Crippen MR) is 148 cm³/mol. The maximum absolute atomic E-state index is 13.4. The number of phenols is 1. The minimum atomic E-state index is -4.82. The molecular formula is C23H14Cl4N3NaO7S2. The summed E-state index contributed by atoms with van der Waals surface area (Å²) in [5.41, 5.74) is -0.312. The van der Waals surface area contributed by atoms with Gasteiger partial charge >= 0.3 is 29.6 Å². The second kappa shape index (κ2) is 12.2. The number of sulfonamides is 1. The molecule has 0 atom stereocenters. The van der Waals surface area contributed by atoms with Crippen molar-refractivity contribution in [1.29, 1.82) is 0 Å². The number of aromatic hydroxyl groups is 1. The van der Waals surface area contributed by atoms with Crippen LogP contribution >= 0.6 is 46.4 Å². The first-order valence-electron chi connectivity index (χ1n) is 10.4. The average Bonchev–Trinajstić information content (AvgIpc) is 2.86. The van der Waals surface area contributed by atoms with Gasteiger partial charge in [-0.15, -0.1) is 5.11 Å². The molecule has 3 N–H and O–H groups in total. The van der Waals surface area contributed by atoms with Gasteiger partial charge in [0.15, 0.2) is 5.75 Å². The van der Waals surface area contributed by atoms with E-state index < -0.39 is 53.3 Å². The summed E-state index contributed by atoms with van der Waals surface area (Å²) < 4.78 is 61.9. The van der Waals surface area contributed by atoms with Crippen LogP contribution in [0.4, 0.5) is 17.1 Å². The molecule has 10 nitrogen and oxygen atoms in total. The third kappa shape index (κ3) is 6.31. The van der Waals surface area contributed by atoms with Crippen molar-refractivity contribution in [2.24, 2.45) is 10.2 Å². The van der Waals surface area contributed by atoms with Crippen LogP contribution in [0.5, 0.6) is 11.5 Å². The van der Waals surface area contributed by atoms with Crippen LogP contribution < -0.4 is 39.4 Å². The van der Waals surface area contributed by atoms with E-state index in [0.717, 1.165) is 29.8 Å². The van der Waals surface area contributed by atoms with Crippen molar-refractivity contribution in [2.75, 3.05) is 4.72 Å². The maximum atomic E-state index is 13.4. The molecule has 0 aliphatic heterocycles. The normalized spacial score (nSPS) is 12.1. The van der Waals surface area contributed by atoms with Crippen molar-refractivity contribution in [3.8, 4) is 11.5 Å². The van der Waals surface area contributed by atoms with Gasteiger partial charge in [-0.2, -0.15) is 13.5 Å². The van der Waals surface area contributed by atoms with Crippen molar-refractivity contribution in [3.63, 3.8) is 0 Å². The van der Waals surface area contributed by atoms with Crippen molar-refractivity contribution in [2.45, 2.75) is 16.7 Å². The Bertz CT molecular complexity index is 1880. The van der Waals surface area contributed by atoms with Gasteiger partial charge < -0.3 is 10.2 Å². The average molecular weight is 673 g/mol. The van der Waals surface area contributed by atoms with Crippen molar-refractivity contribution < 1.29 is 61.2 Å². The summed E-state index contributed by atoms with van der Waals surface area (Å²) in [5, 5.41) is 29.3. The first kappa shape index (κ1) is 32.7. The fraction of sp³-hybridized carbons (Fsp3) is 0.0435. The molecule has 17 heteroatoms. The van der Waals surface area contributed by atoms with Gasteiger partial charge in [0.1, 0.15) is 15.6 Å². The summed E-state index contributed by atoms with van der Waals surface area (Å²) in [5.74, 6) is -1.64. The van der Waals surface area contributed by atoms with E-state index in [9.17, 15) is 31.6 Å². The Labute approximate surface area is 270 Å². The zero-order valence-corrected chi connectivity index (χ0v) is 26.9. The van der Waals surface area contributed by atoms with Crippen LogP contribution in [-0.2, 0) is 20.1 Å². The van der Waals surface area contributed by atoms with Crippen LogP contribution in [0, 0.1) is 6.92 Å². The van der Waals surface area contributed by atoms with Crippen LogP contribution in [0.25, 0.3) is 10.8 Å². The Morgan fingerprint density at radius 2 is 1.43 bits per heavy atom. The fourth-order valence-corrected chi connectivity index (χ4v) is 6.12. The number of nitrogens with one attached hydrogen (secondary N) is 1. The number of anilines is 1. The van der Waals surface area contributed by atoms with Crippen LogP contribution in [0.3, 0.4) is 0 Å². The Balaban J connectivity index is 0.00000441. The molecule has 4 aromatic rings. The van der Waals surface area contributed by atoms with Gasteiger partial charge in [-0.3, -0.25) is 9.27 Å².